The van der Waals surface area contributed by atoms with Crippen LogP contribution in [0.4, 0.5) is 11.4 Å². The summed E-state index contributed by atoms with van der Waals surface area (Å²) in [5, 5.41) is 6.82. The third kappa shape index (κ3) is 3.45. The van der Waals surface area contributed by atoms with E-state index < -0.39 is 0 Å². The van der Waals surface area contributed by atoms with Crippen molar-refractivity contribution in [3.63, 3.8) is 0 Å². The van der Waals surface area contributed by atoms with Gasteiger partial charge in [0.1, 0.15) is 17.2 Å². The standard InChI is InChI=1S/C24H21N3O.Ir/c1-24(2,3)28-22-15-9-8-14-21(22)27-16-26-20-13-7-6-11-18(20)17-10-4-5-12-19(17)23(26)25-27;/h4-12,14-16H,1-3H3;/q-2;. The number of hydrogen-bond acceptors (Lipinski definition) is 4. The number of hydrogen-bond donors (Lipinski definition) is 0. The number of rotatable bonds is 2. The Kier molecular flexibility index (Phi) is 4.97. The summed E-state index contributed by atoms with van der Waals surface area (Å²) >= 11 is 0. The zero-order valence-corrected chi connectivity index (χ0v) is 18.9. The summed E-state index contributed by atoms with van der Waals surface area (Å²) in [6.45, 7) is 8.15. The normalized spacial score (nSPS) is 14.4. The summed E-state index contributed by atoms with van der Waals surface area (Å²) in [5.74, 6) is 1.71. The summed E-state index contributed by atoms with van der Waals surface area (Å²) in [6.07, 6.45) is 0. The van der Waals surface area contributed by atoms with Gasteiger partial charge < -0.3 is 14.6 Å². The SMILES string of the molecule is CC(C)(C)Oc1ccccc1N1[CH-]N2C(=N1)c1ccccc1-c1ccc[c-]c12.[Ir]. The van der Waals surface area contributed by atoms with Crippen LogP contribution in [0.15, 0.2) is 71.8 Å². The van der Waals surface area contributed by atoms with E-state index in [1.54, 1.807) is 0 Å². The van der Waals surface area contributed by atoms with E-state index in [4.69, 9.17) is 9.84 Å². The van der Waals surface area contributed by atoms with Crippen molar-refractivity contribution in [1.29, 1.82) is 0 Å². The number of fused-ring (bicyclic) bond motifs is 6. The number of nitrogens with zero attached hydrogens (tertiary/aromatic N) is 3. The van der Waals surface area contributed by atoms with Gasteiger partial charge in [0.15, 0.2) is 0 Å². The first-order valence-corrected chi connectivity index (χ1v) is 9.42. The molecule has 2 heterocycles. The molecular formula is C24H21IrN3O-2. The molecule has 2 aliphatic rings. The molecule has 149 valence electrons. The molecule has 2 aliphatic heterocycles. The maximum Gasteiger partial charge on any atom is 0.142 e. The van der Waals surface area contributed by atoms with Crippen LogP contribution in [0, 0.1) is 12.7 Å². The van der Waals surface area contributed by atoms with Crippen molar-refractivity contribution in [2.75, 3.05) is 9.91 Å². The van der Waals surface area contributed by atoms with Crippen molar-refractivity contribution in [3.05, 3.63) is 85.0 Å². The second-order valence-electron chi connectivity index (χ2n) is 7.91. The van der Waals surface area contributed by atoms with Crippen LogP contribution in [0.3, 0.4) is 0 Å². The molecule has 0 fully saturated rings. The van der Waals surface area contributed by atoms with Gasteiger partial charge >= 0.3 is 0 Å². The smallest absolute Gasteiger partial charge is 0.142 e. The minimum atomic E-state index is -0.289. The van der Waals surface area contributed by atoms with Crippen molar-refractivity contribution in [1.82, 2.24) is 0 Å². The minimum absolute atomic E-state index is 0. The van der Waals surface area contributed by atoms with Crippen molar-refractivity contribution in [3.8, 4) is 16.9 Å². The molecular weight excluding hydrogens is 539 g/mol. The molecule has 5 heteroatoms. The van der Waals surface area contributed by atoms with Gasteiger partial charge in [-0.1, -0.05) is 47.6 Å². The Morgan fingerprint density at radius 3 is 2.38 bits per heavy atom. The average molecular weight is 560 g/mol. The Labute approximate surface area is 185 Å². The molecule has 0 unspecified atom stereocenters. The molecule has 1 radical (unpaired) electrons. The number of para-hydroxylation sites is 3. The average Bonchev–Trinajstić information content (AvgIpc) is 3.13. The van der Waals surface area contributed by atoms with Crippen molar-refractivity contribution < 1.29 is 24.8 Å². The fourth-order valence-corrected chi connectivity index (χ4v) is 3.62. The van der Waals surface area contributed by atoms with Crippen molar-refractivity contribution in [2.24, 2.45) is 5.10 Å². The van der Waals surface area contributed by atoms with Crippen molar-refractivity contribution >= 4 is 17.2 Å². The monoisotopic (exact) mass is 560 g/mol. The fraction of sp³-hybridized carbons (Fsp3) is 0.167. The van der Waals surface area contributed by atoms with Gasteiger partial charge in [-0.3, -0.25) is 0 Å². The molecule has 5 rings (SSSR count). The molecule has 29 heavy (non-hydrogen) atoms. The summed E-state index contributed by atoms with van der Waals surface area (Å²) in [7, 11) is 0. The predicted molar refractivity (Wildman–Crippen MR) is 113 cm³/mol. The fourth-order valence-electron chi connectivity index (χ4n) is 3.62. The quantitative estimate of drug-likeness (QED) is 0.391. The number of ether oxygens (including phenoxy) is 1. The first-order valence-electron chi connectivity index (χ1n) is 9.42. The van der Waals surface area contributed by atoms with Crippen LogP contribution in [0.1, 0.15) is 26.3 Å². The van der Waals surface area contributed by atoms with Gasteiger partial charge in [0, 0.05) is 25.7 Å². The van der Waals surface area contributed by atoms with E-state index in [1.165, 1.54) is 5.56 Å². The van der Waals surface area contributed by atoms with Gasteiger partial charge in [0.2, 0.25) is 0 Å². The molecule has 0 N–H and O–H groups in total. The van der Waals surface area contributed by atoms with E-state index in [9.17, 15) is 0 Å². The van der Waals surface area contributed by atoms with Gasteiger partial charge in [0.05, 0.1) is 5.69 Å². The van der Waals surface area contributed by atoms with E-state index in [0.717, 1.165) is 34.1 Å². The molecule has 3 aromatic rings. The minimum Gasteiger partial charge on any atom is -0.486 e. The third-order valence-electron chi connectivity index (χ3n) is 4.72. The van der Waals surface area contributed by atoms with Crippen molar-refractivity contribution in [2.45, 2.75) is 26.4 Å². The van der Waals surface area contributed by atoms with Crippen LogP contribution < -0.4 is 14.6 Å². The number of anilines is 2. The maximum absolute atomic E-state index is 6.18. The third-order valence-corrected chi connectivity index (χ3v) is 4.72. The maximum atomic E-state index is 6.18. The van der Waals surface area contributed by atoms with E-state index in [2.05, 4.69) is 41.3 Å². The summed E-state index contributed by atoms with van der Waals surface area (Å²) < 4.78 is 6.18. The Morgan fingerprint density at radius 2 is 1.59 bits per heavy atom. The van der Waals surface area contributed by atoms with Crippen LogP contribution in [0.2, 0.25) is 0 Å². The summed E-state index contributed by atoms with van der Waals surface area (Å²) in [6, 6.07) is 25.9. The van der Waals surface area contributed by atoms with E-state index >= 15 is 0 Å². The van der Waals surface area contributed by atoms with Gasteiger partial charge in [-0.25, -0.2) is 0 Å². The van der Waals surface area contributed by atoms with Crippen LogP contribution in [-0.4, -0.2) is 11.4 Å². The largest absolute Gasteiger partial charge is 0.486 e. The van der Waals surface area contributed by atoms with E-state index in [-0.39, 0.29) is 25.7 Å². The van der Waals surface area contributed by atoms with Crippen LogP contribution in [-0.2, 0) is 20.1 Å². The zero-order valence-electron chi connectivity index (χ0n) is 16.5. The van der Waals surface area contributed by atoms with E-state index in [1.807, 2.05) is 68.8 Å². The van der Waals surface area contributed by atoms with Crippen LogP contribution in [0.25, 0.3) is 11.1 Å². The molecule has 4 nitrogen and oxygen atoms in total. The Hall–Kier alpha value is -2.62. The number of amidine groups is 1. The van der Waals surface area contributed by atoms with Crippen LogP contribution in [0.5, 0.6) is 5.75 Å². The molecule has 0 spiro atoms. The predicted octanol–water partition coefficient (Wildman–Crippen LogP) is 5.45. The molecule has 0 amide bonds. The Balaban J connectivity index is 0.00000205. The van der Waals surface area contributed by atoms with Gasteiger partial charge in [-0.15, -0.1) is 12.2 Å². The number of hydrazone groups is 1. The molecule has 0 aromatic heterocycles. The molecule has 0 aliphatic carbocycles. The summed E-state index contributed by atoms with van der Waals surface area (Å²) in [4.78, 5) is 2.10. The molecule has 0 atom stereocenters. The first-order chi connectivity index (χ1) is 13.5. The molecule has 0 saturated heterocycles. The molecule has 0 saturated carbocycles. The topological polar surface area (TPSA) is 28.1 Å². The van der Waals surface area contributed by atoms with Gasteiger partial charge in [0.25, 0.3) is 0 Å². The van der Waals surface area contributed by atoms with Gasteiger partial charge in [-0.2, -0.15) is 29.4 Å². The number of benzene rings is 3. The summed E-state index contributed by atoms with van der Waals surface area (Å²) in [5.41, 5.74) is 5.09. The molecule has 3 aromatic carbocycles. The Bertz CT molecular complexity index is 1090. The zero-order chi connectivity index (χ0) is 19.3. The molecule has 0 bridgehead atoms. The second kappa shape index (κ2) is 7.33. The second-order valence-corrected chi connectivity index (χ2v) is 7.91. The Morgan fingerprint density at radius 1 is 0.897 bits per heavy atom. The van der Waals surface area contributed by atoms with E-state index in [0.29, 0.717) is 0 Å². The first kappa shape index (κ1) is 19.7. The van der Waals surface area contributed by atoms with Gasteiger partial charge in [-0.05, 0) is 32.9 Å². The van der Waals surface area contributed by atoms with Crippen LogP contribution >= 0.6 is 0 Å².